The van der Waals surface area contributed by atoms with Gasteiger partial charge in [-0.1, -0.05) is 69.0 Å². The molecule has 3 aromatic rings. The Morgan fingerprint density at radius 2 is 1.91 bits per heavy atom. The van der Waals surface area contributed by atoms with Crippen LogP contribution in [0.3, 0.4) is 0 Å². The number of hydrogen-bond donors (Lipinski definition) is 1. The number of carbonyl (C=O) groups excluding carboxylic acids is 1. The molecule has 0 radical (unpaired) electrons. The van der Waals surface area contributed by atoms with E-state index in [-0.39, 0.29) is 5.92 Å². The summed E-state index contributed by atoms with van der Waals surface area (Å²) in [5.74, 6) is 7.70. The van der Waals surface area contributed by atoms with E-state index in [1.54, 1.807) is 13.0 Å². The molecule has 0 unspecified atom stereocenters. The number of rotatable bonds is 6. The lowest BCUT2D eigenvalue weighted by atomic mass is 9.59. The van der Waals surface area contributed by atoms with Gasteiger partial charge in [0.15, 0.2) is 0 Å². The van der Waals surface area contributed by atoms with Crippen LogP contribution in [0.25, 0.3) is 0 Å². The molecule has 282 valence electrons. The van der Waals surface area contributed by atoms with E-state index >= 15 is 0 Å². The van der Waals surface area contributed by atoms with Gasteiger partial charge in [-0.25, -0.2) is 13.1 Å². The number of aromatic nitrogens is 1. The fourth-order valence-corrected chi connectivity index (χ4v) is 9.76. The summed E-state index contributed by atoms with van der Waals surface area (Å²) in [5.41, 5.74) is 3.79. The second-order valence-electron chi connectivity index (χ2n) is 16.0. The molecule has 1 N–H and O–H groups in total. The van der Waals surface area contributed by atoms with Crippen molar-refractivity contribution >= 4 is 33.2 Å². The molecule has 1 aromatic heterocycles. The summed E-state index contributed by atoms with van der Waals surface area (Å²) < 4.78 is 36.1. The van der Waals surface area contributed by atoms with Gasteiger partial charge in [-0.2, -0.15) is 0 Å². The minimum absolute atomic E-state index is 0.216. The van der Waals surface area contributed by atoms with Crippen molar-refractivity contribution in [2.24, 2.45) is 23.2 Å². The van der Waals surface area contributed by atoms with Crippen LogP contribution < -0.4 is 14.4 Å². The lowest BCUT2D eigenvalue weighted by Crippen LogP contribution is -2.48. The standard InChI is InChI=1S/C44H54ClN3O4S/c1-6-7-14-33-26-36(45)19-21-38(33)44(5)29-48-28-35-17-20-39(35)43(4,23-10-8-15-37-16-9-11-25-46-37)24-12-13-31(2)32(3)53(50,51)47-42(49)34-18-22-41(52-30-44)40(48)27-34/h9,11-12,16,18-19,21-22,24-27,31-32,35,39H,6-8,13-15,17,20,28-30H2,1-5H3,(H,47,49)/b24-12+/t31-,32+,35-,39+,43-,44-/m0/s1. The third-order valence-electron chi connectivity index (χ3n) is 11.9. The van der Waals surface area contributed by atoms with E-state index in [1.807, 2.05) is 49.5 Å². The fourth-order valence-electron chi connectivity index (χ4n) is 8.28. The Morgan fingerprint density at radius 3 is 2.64 bits per heavy atom. The summed E-state index contributed by atoms with van der Waals surface area (Å²) in [5, 5.41) is -0.0507. The predicted molar refractivity (Wildman–Crippen MR) is 215 cm³/mol. The number of ether oxygens (including phenoxy) is 1. The first-order chi connectivity index (χ1) is 25.3. The minimum Gasteiger partial charge on any atom is -0.490 e. The number of benzene rings is 2. The maximum atomic E-state index is 13.6. The SMILES string of the molecule is CCCCc1cc(Cl)ccc1[C@]1(C)COc2ccc3cc2N(C[C@@H]2CC[C@H]2[C@@](C)(C#CCCc2ccccn2)/C=C/C[C@H](C)[C@@H](C)S(=O)(=O)NC3=O)C1. The second kappa shape index (κ2) is 16.3. The highest BCUT2D eigenvalue weighted by atomic mass is 35.5. The first kappa shape index (κ1) is 38.9. The molecule has 1 saturated carbocycles. The number of nitrogens with zero attached hydrogens (tertiary/aromatic N) is 2. The number of amides is 1. The van der Waals surface area contributed by atoms with Crippen LogP contribution in [0, 0.1) is 35.0 Å². The quantitative estimate of drug-likeness (QED) is 0.200. The van der Waals surface area contributed by atoms with Crippen LogP contribution in [0.15, 0.2) is 72.9 Å². The van der Waals surface area contributed by atoms with Gasteiger partial charge >= 0.3 is 0 Å². The Hall–Kier alpha value is -3.80. The van der Waals surface area contributed by atoms with Crippen molar-refractivity contribution in [3.05, 3.63) is 100 Å². The third kappa shape index (κ3) is 8.79. The maximum absolute atomic E-state index is 13.6. The van der Waals surface area contributed by atoms with Gasteiger partial charge < -0.3 is 9.64 Å². The molecule has 1 aliphatic carbocycles. The number of sulfonamides is 1. The van der Waals surface area contributed by atoms with Crippen LogP contribution in [-0.4, -0.2) is 44.3 Å². The number of hydrogen-bond acceptors (Lipinski definition) is 6. The number of nitrogens with one attached hydrogen (secondary N) is 1. The van der Waals surface area contributed by atoms with Crippen molar-refractivity contribution in [3.63, 3.8) is 0 Å². The van der Waals surface area contributed by atoms with Gasteiger partial charge in [-0.3, -0.25) is 9.78 Å². The van der Waals surface area contributed by atoms with Gasteiger partial charge in [0.25, 0.3) is 5.91 Å². The van der Waals surface area contributed by atoms with Crippen LogP contribution in [0.5, 0.6) is 5.75 Å². The largest absolute Gasteiger partial charge is 0.490 e. The smallest absolute Gasteiger partial charge is 0.264 e. The zero-order valence-corrected chi connectivity index (χ0v) is 33.4. The molecule has 6 rings (SSSR count). The normalized spacial score (nSPS) is 28.9. The summed E-state index contributed by atoms with van der Waals surface area (Å²) in [4.78, 5) is 20.5. The monoisotopic (exact) mass is 755 g/mol. The summed E-state index contributed by atoms with van der Waals surface area (Å²) in [6.07, 6.45) is 13.4. The van der Waals surface area contributed by atoms with Crippen molar-refractivity contribution in [1.82, 2.24) is 9.71 Å². The van der Waals surface area contributed by atoms with Gasteiger partial charge in [0.2, 0.25) is 10.0 Å². The molecule has 53 heavy (non-hydrogen) atoms. The zero-order valence-electron chi connectivity index (χ0n) is 31.8. The minimum atomic E-state index is -3.95. The molecule has 2 bridgehead atoms. The first-order valence-electron chi connectivity index (χ1n) is 19.3. The topological polar surface area (TPSA) is 88.6 Å². The molecule has 3 heterocycles. The highest BCUT2D eigenvalue weighted by Gasteiger charge is 2.45. The van der Waals surface area contributed by atoms with Crippen LogP contribution in [0.1, 0.15) is 100 Å². The van der Waals surface area contributed by atoms with E-state index in [9.17, 15) is 13.2 Å². The summed E-state index contributed by atoms with van der Waals surface area (Å²) >= 11 is 6.55. The molecule has 1 amide bonds. The molecule has 7 nitrogen and oxygen atoms in total. The number of allylic oxidation sites excluding steroid dienone is 2. The Labute approximate surface area is 322 Å². The maximum Gasteiger partial charge on any atom is 0.264 e. The van der Waals surface area contributed by atoms with E-state index < -0.39 is 32.0 Å². The molecule has 9 heteroatoms. The van der Waals surface area contributed by atoms with E-state index in [1.165, 1.54) is 11.1 Å². The molecular weight excluding hydrogens is 702 g/mol. The van der Waals surface area contributed by atoms with E-state index in [0.717, 1.165) is 61.5 Å². The predicted octanol–water partition coefficient (Wildman–Crippen LogP) is 8.95. The highest BCUT2D eigenvalue weighted by Crippen LogP contribution is 2.49. The molecule has 3 aliphatic rings. The van der Waals surface area contributed by atoms with Crippen molar-refractivity contribution in [1.29, 1.82) is 0 Å². The van der Waals surface area contributed by atoms with Gasteiger partial charge in [-0.05, 0) is 117 Å². The number of aryl methyl sites for hydroxylation is 2. The fraction of sp³-hybridized carbons (Fsp3) is 0.500. The lowest BCUT2D eigenvalue weighted by molar-refractivity contribution is 0.0980. The van der Waals surface area contributed by atoms with Crippen molar-refractivity contribution in [2.45, 2.75) is 96.7 Å². The molecule has 2 aromatic carbocycles. The number of fused-ring (bicyclic) bond motifs is 2. The van der Waals surface area contributed by atoms with Crippen LogP contribution in [0.2, 0.25) is 5.02 Å². The van der Waals surface area contributed by atoms with Gasteiger partial charge in [0, 0.05) is 59.2 Å². The number of carbonyl (C=O) groups is 1. The van der Waals surface area contributed by atoms with E-state index in [0.29, 0.717) is 49.1 Å². The van der Waals surface area contributed by atoms with E-state index in [2.05, 4.69) is 71.5 Å². The summed E-state index contributed by atoms with van der Waals surface area (Å²) in [6, 6.07) is 17.5. The van der Waals surface area contributed by atoms with Crippen molar-refractivity contribution in [2.75, 3.05) is 24.6 Å². The zero-order chi connectivity index (χ0) is 37.8. The number of halogens is 1. The van der Waals surface area contributed by atoms with Crippen LogP contribution >= 0.6 is 11.6 Å². The molecule has 0 spiro atoms. The third-order valence-corrected chi connectivity index (χ3v) is 14.0. The lowest BCUT2D eigenvalue weighted by Gasteiger charge is -2.48. The number of pyridine rings is 1. The average molecular weight is 756 g/mol. The Morgan fingerprint density at radius 1 is 1.08 bits per heavy atom. The molecule has 0 saturated heterocycles. The Bertz CT molecular complexity index is 1990. The first-order valence-corrected chi connectivity index (χ1v) is 21.2. The van der Waals surface area contributed by atoms with Gasteiger partial charge in [0.05, 0.1) is 17.5 Å². The average Bonchev–Trinajstić information content (AvgIpc) is 3.26. The van der Waals surface area contributed by atoms with Gasteiger partial charge in [-0.15, -0.1) is 5.92 Å². The van der Waals surface area contributed by atoms with Crippen LogP contribution in [0.4, 0.5) is 5.69 Å². The molecule has 6 atom stereocenters. The number of unbranched alkanes of at least 4 members (excludes halogenated alkanes) is 1. The Kier molecular flexibility index (Phi) is 12.0. The summed E-state index contributed by atoms with van der Waals surface area (Å²) in [6.45, 7) is 12.2. The van der Waals surface area contributed by atoms with Crippen molar-refractivity contribution in [3.8, 4) is 17.6 Å². The molecule has 1 fully saturated rings. The summed E-state index contributed by atoms with van der Waals surface area (Å²) in [7, 11) is -3.95. The van der Waals surface area contributed by atoms with E-state index in [4.69, 9.17) is 16.3 Å². The second-order valence-corrected chi connectivity index (χ2v) is 18.4. The molecular formula is C44H54ClN3O4S. The highest BCUT2D eigenvalue weighted by molar-refractivity contribution is 7.90. The molecule has 2 aliphatic heterocycles. The number of anilines is 1. The van der Waals surface area contributed by atoms with Crippen molar-refractivity contribution < 1.29 is 17.9 Å². The van der Waals surface area contributed by atoms with Crippen LogP contribution in [-0.2, 0) is 28.3 Å². The van der Waals surface area contributed by atoms with Gasteiger partial charge in [0.1, 0.15) is 5.75 Å². The Balaban J connectivity index is 1.40.